The number of nitrogens with zero attached hydrogens (tertiary/aromatic N) is 1. The Labute approximate surface area is 120 Å². The van der Waals surface area contributed by atoms with Crippen LogP contribution >= 0.6 is 11.6 Å². The summed E-state index contributed by atoms with van der Waals surface area (Å²) in [4.78, 5) is 12.2. The number of halogens is 2. The molecule has 6 heteroatoms. The molecule has 0 amide bonds. The van der Waals surface area contributed by atoms with Gasteiger partial charge in [0.15, 0.2) is 0 Å². The summed E-state index contributed by atoms with van der Waals surface area (Å²) in [5.74, 6) is -0.602. The second kappa shape index (κ2) is 5.07. The average molecular weight is 300 g/mol. The van der Waals surface area contributed by atoms with Crippen LogP contribution in [0.2, 0.25) is 5.02 Å². The number of aliphatic hydroxyl groups excluding tert-OH is 1. The molecule has 0 saturated carbocycles. The zero-order chi connectivity index (χ0) is 15.1. The first-order valence-corrected chi connectivity index (χ1v) is 6.45. The summed E-state index contributed by atoms with van der Waals surface area (Å²) in [7, 11) is 0. The summed E-state index contributed by atoms with van der Waals surface area (Å²) in [6.07, 6.45) is -0.752. The van der Waals surface area contributed by atoms with E-state index in [-0.39, 0.29) is 11.2 Å². The van der Waals surface area contributed by atoms with E-state index in [0.29, 0.717) is 10.4 Å². The van der Waals surface area contributed by atoms with Gasteiger partial charge >= 0.3 is 6.09 Å². The van der Waals surface area contributed by atoms with Gasteiger partial charge in [-0.1, -0.05) is 11.6 Å². The second-order valence-corrected chi connectivity index (χ2v) is 5.81. The molecule has 0 bridgehead atoms. The Kier molecular flexibility index (Phi) is 3.75. The Morgan fingerprint density at radius 3 is 2.65 bits per heavy atom. The zero-order valence-electron chi connectivity index (χ0n) is 11.4. The molecule has 0 atom stereocenters. The molecule has 1 aromatic heterocycles. The number of carbonyl (C=O) groups excluding carboxylic acids is 1. The van der Waals surface area contributed by atoms with E-state index in [1.807, 2.05) is 0 Å². The van der Waals surface area contributed by atoms with Gasteiger partial charge < -0.3 is 9.84 Å². The van der Waals surface area contributed by atoms with E-state index >= 15 is 0 Å². The number of hydrogen-bond acceptors (Lipinski definition) is 3. The van der Waals surface area contributed by atoms with Crippen LogP contribution in [0.15, 0.2) is 18.2 Å². The first kappa shape index (κ1) is 14.8. The molecule has 108 valence electrons. The number of aliphatic hydroxyl groups is 1. The summed E-state index contributed by atoms with van der Waals surface area (Å²) in [6.45, 7) is 4.69. The van der Waals surface area contributed by atoms with Crippen LogP contribution < -0.4 is 0 Å². The standard InChI is InChI=1S/C14H15ClFNO3/c1-14(2,3)20-13(19)17-8(7-18)6-9-10(15)4-5-11(16)12(9)17/h4-6,18H,7H2,1-3H3. The molecule has 0 spiro atoms. The van der Waals surface area contributed by atoms with Crippen LogP contribution in [0.5, 0.6) is 0 Å². The van der Waals surface area contributed by atoms with Gasteiger partial charge in [0, 0.05) is 5.39 Å². The number of ether oxygens (including phenoxy) is 1. The number of aromatic nitrogens is 1. The van der Waals surface area contributed by atoms with Crippen molar-refractivity contribution in [3.8, 4) is 0 Å². The summed E-state index contributed by atoms with van der Waals surface area (Å²) in [5, 5.41) is 10.0. The number of benzene rings is 1. The lowest BCUT2D eigenvalue weighted by molar-refractivity contribution is 0.0532. The molecule has 0 fully saturated rings. The Hall–Kier alpha value is -1.59. The summed E-state index contributed by atoms with van der Waals surface area (Å²) in [6, 6.07) is 4.05. The third-order valence-electron chi connectivity index (χ3n) is 2.67. The highest BCUT2D eigenvalue weighted by atomic mass is 35.5. The highest BCUT2D eigenvalue weighted by molar-refractivity contribution is 6.35. The monoisotopic (exact) mass is 299 g/mol. The van der Waals surface area contributed by atoms with Gasteiger partial charge in [-0.05, 0) is 39.0 Å². The van der Waals surface area contributed by atoms with E-state index in [2.05, 4.69) is 0 Å². The molecule has 2 aromatic rings. The molecule has 4 nitrogen and oxygen atoms in total. The largest absolute Gasteiger partial charge is 0.443 e. The SMILES string of the molecule is CC(C)(C)OC(=O)n1c(CO)cc2c(Cl)ccc(F)c21. The summed E-state index contributed by atoms with van der Waals surface area (Å²) in [5.41, 5.74) is -0.493. The highest BCUT2D eigenvalue weighted by Crippen LogP contribution is 2.30. The van der Waals surface area contributed by atoms with Crippen LogP contribution in [0.1, 0.15) is 26.5 Å². The maximum Gasteiger partial charge on any atom is 0.419 e. The molecule has 2 rings (SSSR count). The van der Waals surface area contributed by atoms with Crippen molar-refractivity contribution in [2.45, 2.75) is 33.0 Å². The first-order valence-electron chi connectivity index (χ1n) is 6.07. The normalized spacial score (nSPS) is 11.9. The Morgan fingerprint density at radius 1 is 1.45 bits per heavy atom. The molecule has 0 aliphatic heterocycles. The van der Waals surface area contributed by atoms with E-state index < -0.39 is 24.1 Å². The van der Waals surface area contributed by atoms with E-state index in [4.69, 9.17) is 16.3 Å². The van der Waals surface area contributed by atoms with Gasteiger partial charge in [0.05, 0.1) is 22.8 Å². The third-order valence-corrected chi connectivity index (χ3v) is 3.00. The maximum absolute atomic E-state index is 14.0. The molecule has 1 heterocycles. The molecule has 0 unspecified atom stereocenters. The topological polar surface area (TPSA) is 51.5 Å². The van der Waals surface area contributed by atoms with Crippen LogP contribution in [0.25, 0.3) is 10.9 Å². The average Bonchev–Trinajstić information content (AvgIpc) is 2.72. The van der Waals surface area contributed by atoms with Crippen molar-refractivity contribution in [3.63, 3.8) is 0 Å². The maximum atomic E-state index is 14.0. The number of fused-ring (bicyclic) bond motifs is 1. The van der Waals surface area contributed by atoms with Gasteiger partial charge in [0.1, 0.15) is 11.4 Å². The second-order valence-electron chi connectivity index (χ2n) is 5.40. The van der Waals surface area contributed by atoms with Crippen molar-refractivity contribution in [3.05, 3.63) is 34.7 Å². The Bertz CT molecular complexity index is 673. The number of carbonyl (C=O) groups is 1. The Morgan fingerprint density at radius 2 is 2.10 bits per heavy atom. The van der Waals surface area contributed by atoms with Gasteiger partial charge in [-0.25, -0.2) is 13.8 Å². The van der Waals surface area contributed by atoms with Crippen molar-refractivity contribution in [1.82, 2.24) is 4.57 Å². The lowest BCUT2D eigenvalue weighted by Gasteiger charge is -2.20. The summed E-state index contributed by atoms with van der Waals surface area (Å²) >= 11 is 6.00. The van der Waals surface area contributed by atoms with Crippen LogP contribution in [-0.2, 0) is 11.3 Å². The van der Waals surface area contributed by atoms with Gasteiger partial charge in [0.25, 0.3) is 0 Å². The highest BCUT2D eigenvalue weighted by Gasteiger charge is 2.24. The van der Waals surface area contributed by atoms with Gasteiger partial charge in [-0.2, -0.15) is 0 Å². The Balaban J connectivity index is 2.68. The number of hydrogen-bond donors (Lipinski definition) is 1. The van der Waals surface area contributed by atoms with Gasteiger partial charge in [-0.3, -0.25) is 0 Å². The van der Waals surface area contributed by atoms with Crippen molar-refractivity contribution in [2.75, 3.05) is 0 Å². The van der Waals surface area contributed by atoms with Crippen LogP contribution in [0.3, 0.4) is 0 Å². The fourth-order valence-electron chi connectivity index (χ4n) is 1.93. The van der Waals surface area contributed by atoms with Gasteiger partial charge in [-0.15, -0.1) is 0 Å². The summed E-state index contributed by atoms with van der Waals surface area (Å²) < 4.78 is 20.2. The smallest absolute Gasteiger partial charge is 0.419 e. The minimum absolute atomic E-state index is 0.0100. The van der Waals surface area contributed by atoms with Crippen molar-refractivity contribution >= 4 is 28.6 Å². The van der Waals surface area contributed by atoms with Crippen LogP contribution in [0, 0.1) is 5.82 Å². The molecular formula is C14H15ClFNO3. The molecule has 0 saturated heterocycles. The van der Waals surface area contributed by atoms with Crippen molar-refractivity contribution < 1.29 is 19.0 Å². The quantitative estimate of drug-likeness (QED) is 0.873. The molecular weight excluding hydrogens is 285 g/mol. The molecule has 1 N–H and O–H groups in total. The number of rotatable bonds is 1. The molecule has 20 heavy (non-hydrogen) atoms. The van der Waals surface area contributed by atoms with Crippen molar-refractivity contribution in [2.24, 2.45) is 0 Å². The minimum atomic E-state index is -0.752. The van der Waals surface area contributed by atoms with E-state index in [1.165, 1.54) is 18.2 Å². The third kappa shape index (κ3) is 2.64. The first-order chi connectivity index (χ1) is 9.24. The molecule has 0 aliphatic carbocycles. The fraction of sp³-hybridized carbons (Fsp3) is 0.357. The lowest BCUT2D eigenvalue weighted by atomic mass is 10.2. The fourth-order valence-corrected chi connectivity index (χ4v) is 2.14. The van der Waals surface area contributed by atoms with E-state index in [9.17, 15) is 14.3 Å². The van der Waals surface area contributed by atoms with E-state index in [1.54, 1.807) is 20.8 Å². The lowest BCUT2D eigenvalue weighted by Crippen LogP contribution is -2.28. The molecule has 0 aliphatic rings. The van der Waals surface area contributed by atoms with Crippen LogP contribution in [0.4, 0.5) is 9.18 Å². The predicted molar refractivity (Wildman–Crippen MR) is 74.5 cm³/mol. The van der Waals surface area contributed by atoms with Crippen molar-refractivity contribution in [1.29, 1.82) is 0 Å². The van der Waals surface area contributed by atoms with Gasteiger partial charge in [0.2, 0.25) is 0 Å². The molecule has 0 radical (unpaired) electrons. The van der Waals surface area contributed by atoms with Crippen LogP contribution in [-0.4, -0.2) is 21.4 Å². The minimum Gasteiger partial charge on any atom is -0.443 e. The molecule has 1 aromatic carbocycles. The van der Waals surface area contributed by atoms with E-state index in [0.717, 1.165) is 4.57 Å². The predicted octanol–water partition coefficient (Wildman–Crippen LogP) is 3.71. The zero-order valence-corrected chi connectivity index (χ0v) is 12.2.